The van der Waals surface area contributed by atoms with Crippen LogP contribution in [0.4, 0.5) is 5.69 Å². The van der Waals surface area contributed by atoms with Gasteiger partial charge in [-0.2, -0.15) is 4.31 Å². The second-order valence-electron chi connectivity index (χ2n) is 7.32. The number of para-hydroxylation sites is 3. The minimum atomic E-state index is -3.26. The van der Waals surface area contributed by atoms with Gasteiger partial charge in [0.15, 0.2) is 17.2 Å². The third-order valence-corrected chi connectivity index (χ3v) is 7.51. The summed E-state index contributed by atoms with van der Waals surface area (Å²) in [6, 6.07) is 13.3. The van der Waals surface area contributed by atoms with Crippen LogP contribution in [0.25, 0.3) is 0 Å². The highest BCUT2D eigenvalue weighted by atomic mass is 32.2. The fourth-order valence-electron chi connectivity index (χ4n) is 3.57. The smallest absolute Gasteiger partial charge is 0.216 e. The normalized spacial score (nSPS) is 17.1. The van der Waals surface area contributed by atoms with Crippen molar-refractivity contribution in [1.82, 2.24) is 9.21 Å². The van der Waals surface area contributed by atoms with Crippen LogP contribution < -0.4 is 9.47 Å². The average molecular weight is 416 g/mol. The van der Waals surface area contributed by atoms with E-state index < -0.39 is 15.3 Å². The summed E-state index contributed by atoms with van der Waals surface area (Å²) in [5, 5.41) is -0.422. The number of amidine groups is 1. The lowest BCUT2D eigenvalue weighted by Crippen LogP contribution is -2.52. The zero-order valence-corrected chi connectivity index (χ0v) is 17.6. The maximum Gasteiger partial charge on any atom is 0.216 e. The average Bonchev–Trinajstić information content (AvgIpc) is 2.90. The fourth-order valence-corrected chi connectivity index (χ4v) is 4.84. The van der Waals surface area contributed by atoms with Crippen molar-refractivity contribution in [2.24, 2.45) is 4.99 Å². The molecular weight excluding hydrogens is 390 g/mol. The predicted octanol–water partition coefficient (Wildman–Crippen LogP) is 3.24. The molecule has 2 heterocycles. The van der Waals surface area contributed by atoms with Gasteiger partial charge in [0.2, 0.25) is 10.0 Å². The lowest BCUT2D eigenvalue weighted by molar-refractivity contribution is 0.265. The largest absolute Gasteiger partial charge is 0.493 e. The number of aliphatic imine (C=N–C) groups is 1. The third-order valence-electron chi connectivity index (χ3n) is 5.24. The van der Waals surface area contributed by atoms with Crippen molar-refractivity contribution in [3.05, 3.63) is 48.0 Å². The molecule has 1 fully saturated rings. The molecule has 4 rings (SSSR count). The predicted molar refractivity (Wildman–Crippen MR) is 113 cm³/mol. The Hall–Kier alpha value is -2.58. The molecule has 0 N–H and O–H groups in total. The molecule has 0 spiro atoms. The van der Waals surface area contributed by atoms with Gasteiger partial charge in [-0.3, -0.25) is 0 Å². The van der Waals surface area contributed by atoms with Gasteiger partial charge < -0.3 is 14.4 Å². The van der Waals surface area contributed by atoms with Crippen LogP contribution in [0.15, 0.2) is 47.5 Å². The minimum Gasteiger partial charge on any atom is -0.493 e. The van der Waals surface area contributed by atoms with E-state index in [1.807, 2.05) is 42.5 Å². The summed E-state index contributed by atoms with van der Waals surface area (Å²) in [7, 11) is -1.65. The number of hydrogen-bond donors (Lipinski definition) is 0. The maximum atomic E-state index is 12.5. The van der Waals surface area contributed by atoms with Crippen molar-refractivity contribution in [2.45, 2.75) is 19.1 Å². The number of hydrogen-bond acceptors (Lipinski definition) is 6. The Morgan fingerprint density at radius 1 is 1.03 bits per heavy atom. The van der Waals surface area contributed by atoms with Gasteiger partial charge in [0, 0.05) is 26.2 Å². The first kappa shape index (κ1) is 19.7. The Bertz CT molecular complexity index is 1040. The molecule has 2 aromatic rings. The molecule has 8 heteroatoms. The first-order valence-corrected chi connectivity index (χ1v) is 11.2. The van der Waals surface area contributed by atoms with Gasteiger partial charge in [-0.1, -0.05) is 18.2 Å². The molecule has 2 aliphatic rings. The monoisotopic (exact) mass is 415 g/mol. The molecule has 2 aliphatic heterocycles. The van der Waals surface area contributed by atoms with Crippen molar-refractivity contribution in [3.63, 3.8) is 0 Å². The lowest BCUT2D eigenvalue weighted by atomic mass is 10.1. The first-order chi connectivity index (χ1) is 13.9. The minimum absolute atomic E-state index is 0.422. The Morgan fingerprint density at radius 3 is 2.45 bits per heavy atom. The third kappa shape index (κ3) is 3.58. The molecule has 0 radical (unpaired) electrons. The summed E-state index contributed by atoms with van der Waals surface area (Å²) in [6.07, 6.45) is 0. The lowest BCUT2D eigenvalue weighted by Gasteiger charge is -2.36. The van der Waals surface area contributed by atoms with Crippen LogP contribution in [-0.4, -0.2) is 62.0 Å². The molecule has 0 bridgehead atoms. The van der Waals surface area contributed by atoms with E-state index in [0.717, 1.165) is 17.1 Å². The molecule has 1 saturated heterocycles. The summed E-state index contributed by atoms with van der Waals surface area (Å²) in [5.74, 6) is 2.68. The molecule has 0 atom stereocenters. The molecule has 29 heavy (non-hydrogen) atoms. The highest BCUT2D eigenvalue weighted by molar-refractivity contribution is 7.89. The van der Waals surface area contributed by atoms with E-state index in [0.29, 0.717) is 43.4 Å². The standard InChI is InChI=1S/C21H25N3O4S/c1-15(2)29(25,26)24-13-11-23(12-14-24)21-16-7-6-10-19(27-3)20(16)28-18-9-5-4-8-17(18)22-21/h4-10,15H,11-14H2,1-3H3. The summed E-state index contributed by atoms with van der Waals surface area (Å²) in [5.41, 5.74) is 1.57. The quantitative estimate of drug-likeness (QED) is 0.770. The summed E-state index contributed by atoms with van der Waals surface area (Å²) < 4.78 is 38.3. The van der Waals surface area contributed by atoms with Gasteiger partial charge in [0.05, 0.1) is 17.9 Å². The number of sulfonamides is 1. The van der Waals surface area contributed by atoms with Gasteiger partial charge >= 0.3 is 0 Å². The van der Waals surface area contributed by atoms with Crippen molar-refractivity contribution >= 4 is 21.5 Å². The van der Waals surface area contributed by atoms with Gasteiger partial charge in [-0.25, -0.2) is 13.4 Å². The van der Waals surface area contributed by atoms with Gasteiger partial charge in [-0.15, -0.1) is 0 Å². The SMILES string of the molecule is COc1cccc2c1Oc1ccccc1N=C2N1CCN(S(=O)(=O)C(C)C)CC1. The molecule has 7 nitrogen and oxygen atoms in total. The van der Waals surface area contributed by atoms with E-state index in [1.165, 1.54) is 0 Å². The second kappa shape index (κ2) is 7.68. The summed E-state index contributed by atoms with van der Waals surface area (Å²) >= 11 is 0. The zero-order chi connectivity index (χ0) is 20.6. The van der Waals surface area contributed by atoms with E-state index in [9.17, 15) is 8.42 Å². The highest BCUT2D eigenvalue weighted by Crippen LogP contribution is 2.42. The van der Waals surface area contributed by atoms with Crippen molar-refractivity contribution in [1.29, 1.82) is 0 Å². The second-order valence-corrected chi connectivity index (χ2v) is 9.81. The Morgan fingerprint density at radius 2 is 1.76 bits per heavy atom. The molecule has 0 aromatic heterocycles. The van der Waals surface area contributed by atoms with Gasteiger partial charge in [0.25, 0.3) is 0 Å². The van der Waals surface area contributed by atoms with Crippen LogP contribution in [0.1, 0.15) is 19.4 Å². The van der Waals surface area contributed by atoms with E-state index in [1.54, 1.807) is 25.3 Å². The van der Waals surface area contributed by atoms with Crippen LogP contribution >= 0.6 is 0 Å². The number of piperazine rings is 1. The molecular formula is C21H25N3O4S. The van der Waals surface area contributed by atoms with Crippen molar-refractivity contribution < 1.29 is 17.9 Å². The summed E-state index contributed by atoms with van der Waals surface area (Å²) in [6.45, 7) is 5.41. The van der Waals surface area contributed by atoms with E-state index in [4.69, 9.17) is 14.5 Å². The fraction of sp³-hybridized carbons (Fsp3) is 0.381. The molecule has 154 valence electrons. The highest BCUT2D eigenvalue weighted by Gasteiger charge is 2.32. The zero-order valence-electron chi connectivity index (χ0n) is 16.8. The number of ether oxygens (including phenoxy) is 2. The van der Waals surface area contributed by atoms with Crippen LogP contribution in [0.5, 0.6) is 17.2 Å². The van der Waals surface area contributed by atoms with Crippen LogP contribution in [0, 0.1) is 0 Å². The Balaban J connectivity index is 1.71. The topological polar surface area (TPSA) is 71.4 Å². The van der Waals surface area contributed by atoms with Crippen molar-refractivity contribution in [3.8, 4) is 17.2 Å². The van der Waals surface area contributed by atoms with Gasteiger partial charge in [0.1, 0.15) is 11.5 Å². The van der Waals surface area contributed by atoms with Crippen LogP contribution in [0.2, 0.25) is 0 Å². The Kier molecular flexibility index (Phi) is 5.23. The Labute approximate surface area is 171 Å². The molecule has 0 unspecified atom stereocenters. The van der Waals surface area contributed by atoms with E-state index in [-0.39, 0.29) is 0 Å². The molecule has 0 aliphatic carbocycles. The number of rotatable bonds is 3. The number of nitrogens with zero attached hydrogens (tertiary/aromatic N) is 3. The van der Waals surface area contributed by atoms with E-state index >= 15 is 0 Å². The van der Waals surface area contributed by atoms with Crippen molar-refractivity contribution in [2.75, 3.05) is 33.3 Å². The van der Waals surface area contributed by atoms with Gasteiger partial charge in [-0.05, 0) is 38.1 Å². The van der Waals surface area contributed by atoms with Crippen LogP contribution in [-0.2, 0) is 10.0 Å². The summed E-state index contributed by atoms with van der Waals surface area (Å²) in [4.78, 5) is 7.02. The number of fused-ring (bicyclic) bond motifs is 2. The number of methoxy groups -OCH3 is 1. The first-order valence-electron chi connectivity index (χ1n) is 9.68. The maximum absolute atomic E-state index is 12.5. The number of benzene rings is 2. The molecule has 0 saturated carbocycles. The molecule has 2 aromatic carbocycles. The van der Waals surface area contributed by atoms with Crippen LogP contribution in [0.3, 0.4) is 0 Å². The molecule has 0 amide bonds. The van der Waals surface area contributed by atoms with E-state index in [2.05, 4.69) is 4.90 Å².